The summed E-state index contributed by atoms with van der Waals surface area (Å²) in [7, 11) is 0. The van der Waals surface area contributed by atoms with Gasteiger partial charge >= 0.3 is 0 Å². The predicted molar refractivity (Wildman–Crippen MR) is 72.5 cm³/mol. The van der Waals surface area contributed by atoms with Gasteiger partial charge in [-0.15, -0.1) is 0 Å². The van der Waals surface area contributed by atoms with Gasteiger partial charge in [-0.3, -0.25) is 0 Å². The molecule has 1 aromatic carbocycles. The van der Waals surface area contributed by atoms with Crippen molar-refractivity contribution < 1.29 is 4.39 Å². The minimum Gasteiger partial charge on any atom is -0.393 e. The largest absolute Gasteiger partial charge is 0.393 e. The Hall–Kier alpha value is -0.960. The molecule has 1 fully saturated rings. The first kappa shape index (κ1) is 12.5. The quantitative estimate of drug-likeness (QED) is 0.827. The molecule has 1 nitrogen and oxygen atoms in total. The molecule has 3 heteroatoms. The van der Waals surface area contributed by atoms with Crippen LogP contribution in [0.15, 0.2) is 24.3 Å². The maximum atomic E-state index is 13.8. The van der Waals surface area contributed by atoms with Crippen LogP contribution in [0.1, 0.15) is 43.6 Å². The molecule has 17 heavy (non-hydrogen) atoms. The van der Waals surface area contributed by atoms with Gasteiger partial charge in [0.05, 0.1) is 4.99 Å². The molecule has 0 radical (unpaired) electrons. The summed E-state index contributed by atoms with van der Waals surface area (Å²) >= 11 is 5.15. The lowest BCUT2D eigenvalue weighted by atomic mass is 9.76. The second-order valence-corrected chi connectivity index (χ2v) is 5.27. The molecule has 92 valence electrons. The maximum Gasteiger partial charge on any atom is 0.127 e. The fourth-order valence-corrected chi connectivity index (χ4v) is 3.15. The van der Waals surface area contributed by atoms with E-state index in [9.17, 15) is 4.39 Å². The first-order valence-corrected chi connectivity index (χ1v) is 6.64. The van der Waals surface area contributed by atoms with Crippen molar-refractivity contribution in [2.45, 2.75) is 38.0 Å². The topological polar surface area (TPSA) is 26.0 Å². The highest BCUT2D eigenvalue weighted by Crippen LogP contribution is 2.37. The van der Waals surface area contributed by atoms with E-state index in [4.69, 9.17) is 18.0 Å². The molecule has 1 atom stereocenters. The van der Waals surface area contributed by atoms with E-state index < -0.39 is 0 Å². The number of hydrogen-bond donors (Lipinski definition) is 1. The van der Waals surface area contributed by atoms with E-state index in [1.165, 1.54) is 25.3 Å². The Labute approximate surface area is 107 Å². The molecule has 1 aliphatic carbocycles. The Balaban J connectivity index is 2.28. The average Bonchev–Trinajstić information content (AvgIpc) is 2.33. The van der Waals surface area contributed by atoms with Crippen molar-refractivity contribution in [3.05, 3.63) is 35.6 Å². The van der Waals surface area contributed by atoms with Crippen LogP contribution in [-0.4, -0.2) is 4.99 Å². The third-order valence-electron chi connectivity index (χ3n) is 3.67. The fourth-order valence-electron chi connectivity index (χ4n) is 2.83. The van der Waals surface area contributed by atoms with Gasteiger partial charge in [-0.25, -0.2) is 4.39 Å². The monoisotopic (exact) mass is 251 g/mol. The molecule has 1 unspecified atom stereocenters. The highest BCUT2D eigenvalue weighted by Gasteiger charge is 2.28. The minimum atomic E-state index is -0.184. The van der Waals surface area contributed by atoms with Crippen LogP contribution in [0.4, 0.5) is 4.39 Å². The zero-order chi connectivity index (χ0) is 12.3. The summed E-state index contributed by atoms with van der Waals surface area (Å²) in [5.74, 6) is 0.139. The Morgan fingerprint density at radius 1 is 1.24 bits per heavy atom. The molecule has 1 aliphatic rings. The van der Waals surface area contributed by atoms with Crippen LogP contribution in [0, 0.1) is 11.7 Å². The van der Waals surface area contributed by atoms with Crippen molar-refractivity contribution in [1.82, 2.24) is 0 Å². The van der Waals surface area contributed by atoms with Gasteiger partial charge in [-0.1, -0.05) is 49.7 Å². The van der Waals surface area contributed by atoms with Gasteiger partial charge < -0.3 is 5.73 Å². The highest BCUT2D eigenvalue weighted by atomic mass is 32.1. The van der Waals surface area contributed by atoms with E-state index in [0.29, 0.717) is 16.5 Å². The van der Waals surface area contributed by atoms with Gasteiger partial charge in [0.2, 0.25) is 0 Å². The Kier molecular flexibility index (Phi) is 4.11. The van der Waals surface area contributed by atoms with E-state index in [2.05, 4.69) is 0 Å². The lowest BCUT2D eigenvalue weighted by molar-refractivity contribution is 0.338. The molecule has 0 aromatic heterocycles. The fraction of sp³-hybridized carbons (Fsp3) is 0.500. The summed E-state index contributed by atoms with van der Waals surface area (Å²) < 4.78 is 13.8. The van der Waals surface area contributed by atoms with Crippen molar-refractivity contribution in [3.63, 3.8) is 0 Å². The van der Waals surface area contributed by atoms with Crippen molar-refractivity contribution in [2.75, 3.05) is 0 Å². The number of hydrogen-bond acceptors (Lipinski definition) is 1. The Morgan fingerprint density at radius 2 is 1.88 bits per heavy atom. The molecule has 1 saturated carbocycles. The third-order valence-corrected chi connectivity index (χ3v) is 3.92. The van der Waals surface area contributed by atoms with Crippen molar-refractivity contribution in [2.24, 2.45) is 11.7 Å². The van der Waals surface area contributed by atoms with Gasteiger partial charge in [0.25, 0.3) is 0 Å². The summed E-state index contributed by atoms with van der Waals surface area (Å²) in [5, 5.41) is 0. The summed E-state index contributed by atoms with van der Waals surface area (Å²) in [6.45, 7) is 0. The first-order valence-electron chi connectivity index (χ1n) is 6.24. The lowest BCUT2D eigenvalue weighted by Crippen LogP contribution is -2.28. The Bertz CT molecular complexity index is 399. The van der Waals surface area contributed by atoms with Crippen LogP contribution >= 0.6 is 12.2 Å². The normalized spacial score (nSPS) is 18.9. The molecule has 2 rings (SSSR count). The van der Waals surface area contributed by atoms with Crippen molar-refractivity contribution in [3.8, 4) is 0 Å². The molecule has 1 aromatic rings. The lowest BCUT2D eigenvalue weighted by Gasteiger charge is -2.30. The predicted octanol–water partition coefficient (Wildman–Crippen LogP) is 3.78. The molecule has 0 amide bonds. The summed E-state index contributed by atoms with van der Waals surface area (Å²) in [5.41, 5.74) is 6.51. The van der Waals surface area contributed by atoms with Crippen LogP contribution in [-0.2, 0) is 0 Å². The molecule has 2 N–H and O–H groups in total. The van der Waals surface area contributed by atoms with Crippen molar-refractivity contribution in [1.29, 1.82) is 0 Å². The van der Waals surface area contributed by atoms with Crippen molar-refractivity contribution >= 4 is 17.2 Å². The highest BCUT2D eigenvalue weighted by molar-refractivity contribution is 7.80. The SMILES string of the molecule is NC(=S)C(c1ccccc1F)C1CCCCC1. The maximum absolute atomic E-state index is 13.8. The standard InChI is InChI=1S/C14H18FNS/c15-12-9-5-4-8-11(12)13(14(16)17)10-6-2-1-3-7-10/h4-5,8-10,13H,1-3,6-7H2,(H2,16,17). The minimum absolute atomic E-state index is 0.0912. The summed E-state index contributed by atoms with van der Waals surface area (Å²) in [6.07, 6.45) is 5.90. The second kappa shape index (κ2) is 5.58. The summed E-state index contributed by atoms with van der Waals surface area (Å²) in [4.78, 5) is 0.432. The Morgan fingerprint density at radius 3 is 2.47 bits per heavy atom. The smallest absolute Gasteiger partial charge is 0.127 e. The number of benzene rings is 1. The van der Waals surface area contributed by atoms with E-state index >= 15 is 0 Å². The van der Waals surface area contributed by atoms with Crippen LogP contribution in [0.25, 0.3) is 0 Å². The van der Waals surface area contributed by atoms with E-state index in [-0.39, 0.29) is 11.7 Å². The molecule has 0 spiro atoms. The van der Waals surface area contributed by atoms with Crippen LogP contribution in [0.3, 0.4) is 0 Å². The molecular weight excluding hydrogens is 233 g/mol. The van der Waals surface area contributed by atoms with Crippen LogP contribution in [0.5, 0.6) is 0 Å². The summed E-state index contributed by atoms with van der Waals surface area (Å²) in [6, 6.07) is 6.86. The van der Waals surface area contributed by atoms with Gasteiger partial charge in [-0.2, -0.15) is 0 Å². The number of rotatable bonds is 3. The zero-order valence-corrected chi connectivity index (χ0v) is 10.7. The molecule has 0 bridgehead atoms. The van der Waals surface area contributed by atoms with Crippen LogP contribution < -0.4 is 5.73 Å². The molecule has 0 aliphatic heterocycles. The van der Waals surface area contributed by atoms with E-state index in [1.807, 2.05) is 12.1 Å². The van der Waals surface area contributed by atoms with E-state index in [0.717, 1.165) is 12.8 Å². The average molecular weight is 251 g/mol. The number of nitrogens with two attached hydrogens (primary N) is 1. The van der Waals surface area contributed by atoms with Crippen LogP contribution in [0.2, 0.25) is 0 Å². The molecule has 0 saturated heterocycles. The number of thiocarbonyl (C=S) groups is 1. The van der Waals surface area contributed by atoms with Gasteiger partial charge in [0.15, 0.2) is 0 Å². The third kappa shape index (κ3) is 2.83. The zero-order valence-electron chi connectivity index (χ0n) is 9.86. The second-order valence-electron chi connectivity index (χ2n) is 4.80. The molecule has 0 heterocycles. The number of halogens is 1. The molecular formula is C14H18FNS. The van der Waals surface area contributed by atoms with Gasteiger partial charge in [0, 0.05) is 5.92 Å². The van der Waals surface area contributed by atoms with Gasteiger partial charge in [-0.05, 0) is 30.4 Å². The van der Waals surface area contributed by atoms with E-state index in [1.54, 1.807) is 6.07 Å². The first-order chi connectivity index (χ1) is 8.20. The van der Waals surface area contributed by atoms with Gasteiger partial charge in [0.1, 0.15) is 5.82 Å².